The molecule has 0 amide bonds. The second kappa shape index (κ2) is 5.05. The number of aryl methyl sites for hydroxylation is 1. The second-order valence-corrected chi connectivity index (χ2v) is 6.78. The Kier molecular flexibility index (Phi) is 3.65. The molecule has 0 aliphatic carbocycles. The molecule has 5 nitrogen and oxygen atoms in total. The summed E-state index contributed by atoms with van der Waals surface area (Å²) >= 11 is 1.46. The molecule has 3 N–H and O–H groups in total. The van der Waals surface area contributed by atoms with Gasteiger partial charge < -0.3 is 5.73 Å². The Labute approximate surface area is 110 Å². The summed E-state index contributed by atoms with van der Waals surface area (Å²) in [5.41, 5.74) is 5.88. The molecule has 0 spiro atoms. The van der Waals surface area contributed by atoms with E-state index in [4.69, 9.17) is 5.73 Å². The molecule has 0 atom stereocenters. The highest BCUT2D eigenvalue weighted by Crippen LogP contribution is 2.18. The number of hydrogen-bond acceptors (Lipinski definition) is 5. The number of para-hydroxylation sites is 1. The molecule has 1 aromatic heterocycles. The Balaban J connectivity index is 2.16. The highest BCUT2D eigenvalue weighted by molar-refractivity contribution is 7.89. The maximum absolute atomic E-state index is 12.0. The first-order valence-electron chi connectivity index (χ1n) is 5.24. The molecule has 0 unspecified atom stereocenters. The van der Waals surface area contributed by atoms with Gasteiger partial charge in [-0.15, -0.1) is 11.3 Å². The lowest BCUT2D eigenvalue weighted by atomic mass is 10.3. The van der Waals surface area contributed by atoms with Crippen molar-refractivity contribution in [2.45, 2.75) is 18.4 Å². The van der Waals surface area contributed by atoms with Gasteiger partial charge in [0.15, 0.2) is 0 Å². The van der Waals surface area contributed by atoms with E-state index in [-0.39, 0.29) is 17.1 Å². The van der Waals surface area contributed by atoms with E-state index in [1.165, 1.54) is 17.4 Å². The van der Waals surface area contributed by atoms with E-state index in [1.807, 2.05) is 6.92 Å². The molecule has 0 radical (unpaired) electrons. The monoisotopic (exact) mass is 283 g/mol. The first-order valence-corrected chi connectivity index (χ1v) is 7.54. The minimum absolute atomic E-state index is 0.0956. The number of thiazole rings is 1. The predicted octanol–water partition coefficient (Wildman–Crippen LogP) is 1.51. The van der Waals surface area contributed by atoms with Gasteiger partial charge in [0.25, 0.3) is 0 Å². The third-order valence-corrected chi connectivity index (χ3v) is 4.68. The number of nitrogen functional groups attached to an aromatic ring is 1. The van der Waals surface area contributed by atoms with E-state index in [0.717, 1.165) is 9.88 Å². The zero-order valence-electron chi connectivity index (χ0n) is 9.75. The fraction of sp³-hybridized carbons (Fsp3) is 0.182. The summed E-state index contributed by atoms with van der Waals surface area (Å²) in [5, 5.41) is 0.727. The zero-order valence-corrected chi connectivity index (χ0v) is 11.4. The number of rotatable bonds is 4. The molecule has 96 valence electrons. The predicted molar refractivity (Wildman–Crippen MR) is 71.7 cm³/mol. The summed E-state index contributed by atoms with van der Waals surface area (Å²) in [4.78, 5) is 5.24. The second-order valence-electron chi connectivity index (χ2n) is 3.73. The third-order valence-electron chi connectivity index (χ3n) is 2.29. The summed E-state index contributed by atoms with van der Waals surface area (Å²) in [7, 11) is -3.59. The lowest BCUT2D eigenvalue weighted by molar-refractivity contribution is 0.581. The Hall–Kier alpha value is -1.44. The van der Waals surface area contributed by atoms with Crippen molar-refractivity contribution < 1.29 is 8.42 Å². The highest BCUT2D eigenvalue weighted by Gasteiger charge is 2.16. The Bertz CT molecular complexity index is 650. The smallest absolute Gasteiger partial charge is 0.242 e. The fourth-order valence-corrected chi connectivity index (χ4v) is 3.38. The molecular formula is C11H13N3O2S2. The maximum atomic E-state index is 12.0. The average molecular weight is 283 g/mol. The summed E-state index contributed by atoms with van der Waals surface area (Å²) in [6.07, 6.45) is 1.71. The summed E-state index contributed by atoms with van der Waals surface area (Å²) < 4.78 is 26.5. The van der Waals surface area contributed by atoms with Crippen LogP contribution < -0.4 is 10.5 Å². The number of sulfonamides is 1. The van der Waals surface area contributed by atoms with Gasteiger partial charge in [0.2, 0.25) is 10.0 Å². The van der Waals surface area contributed by atoms with Crippen LogP contribution in [0.15, 0.2) is 35.4 Å². The minimum atomic E-state index is -3.59. The lowest BCUT2D eigenvalue weighted by Gasteiger charge is -2.07. The number of nitrogens with zero attached hydrogens (tertiary/aromatic N) is 1. The highest BCUT2D eigenvalue weighted by atomic mass is 32.2. The van der Waals surface area contributed by atoms with E-state index < -0.39 is 10.0 Å². The van der Waals surface area contributed by atoms with Crippen molar-refractivity contribution in [1.82, 2.24) is 9.71 Å². The van der Waals surface area contributed by atoms with Crippen molar-refractivity contribution in [2.24, 2.45) is 0 Å². The molecule has 0 fully saturated rings. The number of benzene rings is 1. The summed E-state index contributed by atoms with van der Waals surface area (Å²) in [6.45, 7) is 2.10. The van der Waals surface area contributed by atoms with Crippen molar-refractivity contribution >= 4 is 27.0 Å². The van der Waals surface area contributed by atoms with Crippen molar-refractivity contribution in [3.63, 3.8) is 0 Å². The van der Waals surface area contributed by atoms with Crippen LogP contribution in [0.5, 0.6) is 0 Å². The average Bonchev–Trinajstić information content (AvgIpc) is 2.73. The van der Waals surface area contributed by atoms with Gasteiger partial charge in [-0.3, -0.25) is 0 Å². The molecule has 2 rings (SSSR count). The maximum Gasteiger partial charge on any atom is 0.242 e. The van der Waals surface area contributed by atoms with Crippen molar-refractivity contribution in [2.75, 3.05) is 5.73 Å². The molecule has 0 saturated carbocycles. The van der Waals surface area contributed by atoms with Crippen LogP contribution in [0.3, 0.4) is 0 Å². The van der Waals surface area contributed by atoms with E-state index in [9.17, 15) is 8.42 Å². The van der Waals surface area contributed by atoms with Crippen LogP contribution in [0.1, 0.15) is 9.88 Å². The zero-order chi connectivity index (χ0) is 13.2. The lowest BCUT2D eigenvalue weighted by Crippen LogP contribution is -2.24. The van der Waals surface area contributed by atoms with Crippen LogP contribution in [-0.4, -0.2) is 13.4 Å². The quantitative estimate of drug-likeness (QED) is 0.833. The Morgan fingerprint density at radius 3 is 2.72 bits per heavy atom. The number of nitrogens with one attached hydrogen (secondary N) is 1. The SMILES string of the molecule is Cc1cnc(CNS(=O)(=O)c2ccccc2N)s1. The van der Waals surface area contributed by atoms with Gasteiger partial charge in [0, 0.05) is 11.1 Å². The standard InChI is InChI=1S/C11H13N3O2S2/c1-8-6-13-11(17-8)7-14-18(15,16)10-5-3-2-4-9(10)12/h2-6,14H,7,12H2,1H3. The number of aromatic nitrogens is 1. The van der Waals surface area contributed by atoms with Crippen LogP contribution in [0.25, 0.3) is 0 Å². The molecule has 0 bridgehead atoms. The summed E-state index contributed by atoms with van der Waals surface area (Å²) in [5.74, 6) is 0. The van der Waals surface area contributed by atoms with Gasteiger partial charge in [0.1, 0.15) is 9.90 Å². The van der Waals surface area contributed by atoms with E-state index in [0.29, 0.717) is 0 Å². The fourth-order valence-electron chi connectivity index (χ4n) is 1.44. The first kappa shape index (κ1) is 13.0. The Morgan fingerprint density at radius 1 is 1.39 bits per heavy atom. The number of nitrogens with two attached hydrogens (primary N) is 1. The normalized spacial score (nSPS) is 11.6. The van der Waals surface area contributed by atoms with Gasteiger partial charge in [-0.25, -0.2) is 18.1 Å². The van der Waals surface area contributed by atoms with E-state index in [2.05, 4.69) is 9.71 Å². The van der Waals surface area contributed by atoms with Crippen molar-refractivity contribution in [3.05, 3.63) is 40.3 Å². The van der Waals surface area contributed by atoms with Gasteiger partial charge in [-0.2, -0.15) is 0 Å². The molecule has 2 aromatic rings. The van der Waals surface area contributed by atoms with E-state index in [1.54, 1.807) is 24.4 Å². The molecule has 0 saturated heterocycles. The molecule has 1 aromatic carbocycles. The van der Waals surface area contributed by atoms with Crippen LogP contribution in [-0.2, 0) is 16.6 Å². The number of hydrogen-bond donors (Lipinski definition) is 2. The molecular weight excluding hydrogens is 270 g/mol. The summed E-state index contributed by atoms with van der Waals surface area (Å²) in [6, 6.07) is 6.36. The van der Waals surface area contributed by atoms with Crippen LogP contribution >= 0.6 is 11.3 Å². The molecule has 18 heavy (non-hydrogen) atoms. The molecule has 0 aliphatic heterocycles. The van der Waals surface area contributed by atoms with Gasteiger partial charge in [0.05, 0.1) is 12.2 Å². The van der Waals surface area contributed by atoms with Crippen LogP contribution in [0, 0.1) is 6.92 Å². The van der Waals surface area contributed by atoms with Gasteiger partial charge >= 0.3 is 0 Å². The molecule has 7 heteroatoms. The first-order chi connectivity index (χ1) is 8.49. The minimum Gasteiger partial charge on any atom is -0.398 e. The topological polar surface area (TPSA) is 85.1 Å². The number of anilines is 1. The van der Waals surface area contributed by atoms with Crippen LogP contribution in [0.4, 0.5) is 5.69 Å². The van der Waals surface area contributed by atoms with Gasteiger partial charge in [-0.05, 0) is 19.1 Å². The third kappa shape index (κ3) is 2.87. The van der Waals surface area contributed by atoms with Gasteiger partial charge in [-0.1, -0.05) is 12.1 Å². The van der Waals surface area contributed by atoms with Crippen LogP contribution in [0.2, 0.25) is 0 Å². The Morgan fingerprint density at radius 2 is 2.11 bits per heavy atom. The van der Waals surface area contributed by atoms with Crippen molar-refractivity contribution in [3.8, 4) is 0 Å². The van der Waals surface area contributed by atoms with E-state index >= 15 is 0 Å². The molecule has 1 heterocycles. The molecule has 0 aliphatic rings. The largest absolute Gasteiger partial charge is 0.398 e. The van der Waals surface area contributed by atoms with Crippen molar-refractivity contribution in [1.29, 1.82) is 0 Å².